The van der Waals surface area contributed by atoms with Crippen LogP contribution in [0.2, 0.25) is 0 Å². The van der Waals surface area contributed by atoms with Crippen molar-refractivity contribution < 1.29 is 4.79 Å². The van der Waals surface area contributed by atoms with E-state index in [0.29, 0.717) is 17.9 Å². The molecule has 1 amide bonds. The molecule has 5 heteroatoms. The van der Waals surface area contributed by atoms with Crippen LogP contribution in [0.4, 0.5) is 5.69 Å². The van der Waals surface area contributed by atoms with E-state index in [-0.39, 0.29) is 11.3 Å². The van der Waals surface area contributed by atoms with Gasteiger partial charge < -0.3 is 11.1 Å². The Bertz CT molecular complexity index is 640. The molecule has 0 unspecified atom stereocenters. The lowest BCUT2D eigenvalue weighted by Gasteiger charge is -2.23. The number of nitrogens with zero attached hydrogens (tertiary/aromatic N) is 1. The number of amides is 1. The number of aromatic nitrogens is 2. The Kier molecular flexibility index (Phi) is 3.12. The molecule has 4 N–H and O–H groups in total. The quantitative estimate of drug-likeness (QED) is 0.750. The molecule has 2 aromatic rings. The summed E-state index contributed by atoms with van der Waals surface area (Å²) in [7, 11) is 0. The van der Waals surface area contributed by atoms with Gasteiger partial charge in [-0.2, -0.15) is 5.10 Å². The van der Waals surface area contributed by atoms with Crippen molar-refractivity contribution in [1.29, 1.82) is 0 Å². The molecule has 5 nitrogen and oxygen atoms in total. The monoisotopic (exact) mass is 272 g/mol. The maximum Gasteiger partial charge on any atom is 0.272 e. The molecular weight excluding hydrogens is 252 g/mol. The highest BCUT2D eigenvalue weighted by Crippen LogP contribution is 2.36. The lowest BCUT2D eigenvalue weighted by molar-refractivity contribution is 0.0931. The number of H-pyrrole nitrogens is 1. The Morgan fingerprint density at radius 1 is 1.45 bits per heavy atom. The number of nitrogens with one attached hydrogen (secondary N) is 2. The van der Waals surface area contributed by atoms with Crippen molar-refractivity contribution in [2.75, 3.05) is 12.3 Å². The Morgan fingerprint density at radius 3 is 2.95 bits per heavy atom. The van der Waals surface area contributed by atoms with Crippen LogP contribution in [0.25, 0.3) is 10.9 Å². The minimum absolute atomic E-state index is 0.130. The predicted octanol–water partition coefficient (Wildman–Crippen LogP) is 2.46. The van der Waals surface area contributed by atoms with E-state index in [1.54, 1.807) is 12.1 Å². The van der Waals surface area contributed by atoms with Crippen LogP contribution in [0.1, 0.15) is 43.1 Å². The van der Waals surface area contributed by atoms with Gasteiger partial charge in [-0.05, 0) is 36.5 Å². The van der Waals surface area contributed by atoms with Crippen LogP contribution in [0.3, 0.4) is 0 Å². The van der Waals surface area contributed by atoms with Crippen molar-refractivity contribution in [3.05, 3.63) is 23.9 Å². The largest absolute Gasteiger partial charge is 0.399 e. The number of benzene rings is 1. The first-order valence-corrected chi connectivity index (χ1v) is 7.09. The zero-order valence-electron chi connectivity index (χ0n) is 11.7. The summed E-state index contributed by atoms with van der Waals surface area (Å²) in [4.78, 5) is 12.3. The SMILES string of the molecule is CC1(CNC(=O)c2n[nH]c3ccc(N)cc23)CCCC1. The van der Waals surface area contributed by atoms with Crippen LogP contribution in [-0.2, 0) is 0 Å². The summed E-state index contributed by atoms with van der Waals surface area (Å²) in [6, 6.07) is 5.42. The second kappa shape index (κ2) is 4.81. The van der Waals surface area contributed by atoms with Gasteiger partial charge in [0, 0.05) is 17.6 Å². The molecule has 0 bridgehead atoms. The first-order valence-electron chi connectivity index (χ1n) is 7.09. The molecule has 0 atom stereocenters. The Balaban J connectivity index is 1.77. The minimum Gasteiger partial charge on any atom is -0.399 e. The van der Waals surface area contributed by atoms with Crippen LogP contribution >= 0.6 is 0 Å². The molecule has 0 radical (unpaired) electrons. The van der Waals surface area contributed by atoms with Gasteiger partial charge in [0.2, 0.25) is 0 Å². The molecule has 1 fully saturated rings. The standard InChI is InChI=1S/C15H20N4O/c1-15(6-2-3-7-15)9-17-14(20)13-11-8-10(16)4-5-12(11)18-19-13/h4-5,8H,2-3,6-7,9,16H2,1H3,(H,17,20)(H,18,19). The molecule has 1 aromatic carbocycles. The van der Waals surface area contributed by atoms with Gasteiger partial charge in [0.15, 0.2) is 5.69 Å². The summed E-state index contributed by atoms with van der Waals surface area (Å²) < 4.78 is 0. The van der Waals surface area contributed by atoms with E-state index in [2.05, 4.69) is 22.4 Å². The third-order valence-electron chi connectivity index (χ3n) is 4.29. The molecule has 20 heavy (non-hydrogen) atoms. The summed E-state index contributed by atoms with van der Waals surface area (Å²) >= 11 is 0. The zero-order valence-corrected chi connectivity index (χ0v) is 11.7. The first kappa shape index (κ1) is 13.0. The van der Waals surface area contributed by atoms with E-state index in [0.717, 1.165) is 10.9 Å². The number of aromatic amines is 1. The molecule has 0 saturated heterocycles. The van der Waals surface area contributed by atoms with Gasteiger partial charge in [0.05, 0.1) is 5.52 Å². The maximum absolute atomic E-state index is 12.3. The first-order chi connectivity index (χ1) is 9.57. The summed E-state index contributed by atoms with van der Waals surface area (Å²) in [5.74, 6) is -0.130. The molecule has 1 aliphatic rings. The van der Waals surface area contributed by atoms with Crippen molar-refractivity contribution in [3.63, 3.8) is 0 Å². The van der Waals surface area contributed by atoms with Crippen molar-refractivity contribution in [2.45, 2.75) is 32.6 Å². The van der Waals surface area contributed by atoms with Crippen LogP contribution in [0, 0.1) is 5.41 Å². The van der Waals surface area contributed by atoms with Crippen molar-refractivity contribution in [3.8, 4) is 0 Å². The second-order valence-electron chi connectivity index (χ2n) is 6.08. The van der Waals surface area contributed by atoms with Crippen LogP contribution < -0.4 is 11.1 Å². The van der Waals surface area contributed by atoms with Gasteiger partial charge >= 0.3 is 0 Å². The van der Waals surface area contributed by atoms with E-state index < -0.39 is 0 Å². The smallest absolute Gasteiger partial charge is 0.272 e. The van der Waals surface area contributed by atoms with Gasteiger partial charge in [0.25, 0.3) is 5.91 Å². The van der Waals surface area contributed by atoms with Crippen molar-refractivity contribution in [1.82, 2.24) is 15.5 Å². The Labute approximate surface area is 117 Å². The molecule has 3 rings (SSSR count). The maximum atomic E-state index is 12.3. The second-order valence-corrected chi connectivity index (χ2v) is 6.08. The van der Waals surface area contributed by atoms with Crippen molar-refractivity contribution >= 4 is 22.5 Å². The van der Waals surface area contributed by atoms with Crippen LogP contribution in [0.15, 0.2) is 18.2 Å². The third kappa shape index (κ3) is 2.35. The summed E-state index contributed by atoms with van der Waals surface area (Å²) in [5, 5.41) is 10.8. The van der Waals surface area contributed by atoms with E-state index in [1.165, 1.54) is 25.7 Å². The van der Waals surface area contributed by atoms with Gasteiger partial charge in [-0.15, -0.1) is 0 Å². The summed E-state index contributed by atoms with van der Waals surface area (Å²) in [6.07, 6.45) is 4.88. The van der Waals surface area contributed by atoms with E-state index in [1.807, 2.05) is 6.07 Å². The van der Waals surface area contributed by atoms with Crippen LogP contribution in [-0.4, -0.2) is 22.6 Å². The fourth-order valence-corrected chi connectivity index (χ4v) is 2.99. The number of anilines is 1. The predicted molar refractivity (Wildman–Crippen MR) is 79.4 cm³/mol. The highest BCUT2D eigenvalue weighted by Gasteiger charge is 2.29. The molecular formula is C15H20N4O. The number of fused-ring (bicyclic) bond motifs is 1. The topological polar surface area (TPSA) is 83.8 Å². The van der Waals surface area contributed by atoms with Gasteiger partial charge in [-0.1, -0.05) is 19.8 Å². The van der Waals surface area contributed by atoms with Crippen LogP contribution in [0.5, 0.6) is 0 Å². The van der Waals surface area contributed by atoms with Crippen molar-refractivity contribution in [2.24, 2.45) is 5.41 Å². The molecule has 106 valence electrons. The molecule has 0 aliphatic heterocycles. The zero-order chi connectivity index (χ0) is 14.2. The molecule has 1 aliphatic carbocycles. The minimum atomic E-state index is -0.130. The number of carbonyl (C=O) groups is 1. The highest BCUT2D eigenvalue weighted by atomic mass is 16.1. The van der Waals surface area contributed by atoms with Gasteiger partial charge in [-0.3, -0.25) is 9.89 Å². The molecule has 1 saturated carbocycles. The van der Waals surface area contributed by atoms with E-state index in [9.17, 15) is 4.79 Å². The number of rotatable bonds is 3. The fourth-order valence-electron chi connectivity index (χ4n) is 2.99. The van der Waals surface area contributed by atoms with E-state index in [4.69, 9.17) is 5.73 Å². The lowest BCUT2D eigenvalue weighted by Crippen LogP contribution is -2.34. The number of hydrogen-bond acceptors (Lipinski definition) is 3. The molecule has 0 spiro atoms. The number of carbonyl (C=O) groups excluding carboxylic acids is 1. The van der Waals surface area contributed by atoms with E-state index >= 15 is 0 Å². The average Bonchev–Trinajstić information content (AvgIpc) is 3.03. The summed E-state index contributed by atoms with van der Waals surface area (Å²) in [6.45, 7) is 2.95. The lowest BCUT2D eigenvalue weighted by atomic mass is 9.89. The molecule has 1 heterocycles. The van der Waals surface area contributed by atoms with Gasteiger partial charge in [0.1, 0.15) is 0 Å². The normalized spacial score (nSPS) is 17.4. The Hall–Kier alpha value is -2.04. The third-order valence-corrected chi connectivity index (χ3v) is 4.29. The Morgan fingerprint density at radius 2 is 2.20 bits per heavy atom. The number of nitrogens with two attached hydrogens (primary N) is 1. The van der Waals surface area contributed by atoms with Gasteiger partial charge in [-0.25, -0.2) is 0 Å². The number of nitrogen functional groups attached to an aromatic ring is 1. The molecule has 1 aromatic heterocycles. The highest BCUT2D eigenvalue weighted by molar-refractivity contribution is 6.05. The number of hydrogen-bond donors (Lipinski definition) is 3. The average molecular weight is 272 g/mol. The summed E-state index contributed by atoms with van der Waals surface area (Å²) in [5.41, 5.74) is 7.90. The fraction of sp³-hybridized carbons (Fsp3) is 0.467.